The summed E-state index contributed by atoms with van der Waals surface area (Å²) in [5.74, 6) is 0.877. The van der Waals surface area contributed by atoms with Crippen molar-refractivity contribution in [1.29, 1.82) is 0 Å². The van der Waals surface area contributed by atoms with Crippen LogP contribution in [0, 0.1) is 0 Å². The van der Waals surface area contributed by atoms with Crippen LogP contribution in [0.15, 0.2) is 47.4 Å². The lowest BCUT2D eigenvalue weighted by Gasteiger charge is -2.11. The van der Waals surface area contributed by atoms with Gasteiger partial charge in [0.1, 0.15) is 12.4 Å². The van der Waals surface area contributed by atoms with Crippen LogP contribution in [0.3, 0.4) is 0 Å². The number of aryl methyl sites for hydroxylation is 1. The van der Waals surface area contributed by atoms with E-state index >= 15 is 0 Å². The maximum Gasteiger partial charge on any atom is 0.250 e. The smallest absolute Gasteiger partial charge is 0.250 e. The number of aromatic nitrogens is 1. The standard InChI is InChI=1S/C15H18N2O2/c1-2-12-5-3-4-6-14(12)19-10-9-17-11-13(16)7-8-15(17)18/h3-8,11H,2,9-10,16H2,1H3. The fourth-order valence-electron chi connectivity index (χ4n) is 1.92. The van der Waals surface area contributed by atoms with E-state index in [1.165, 1.54) is 11.6 Å². The zero-order chi connectivity index (χ0) is 13.7. The number of hydrogen-bond donors (Lipinski definition) is 1. The molecule has 0 amide bonds. The highest BCUT2D eigenvalue weighted by Gasteiger charge is 2.01. The number of anilines is 1. The Kier molecular flexibility index (Phi) is 4.23. The Balaban J connectivity index is 2.00. The van der Waals surface area contributed by atoms with Crippen LogP contribution in [-0.2, 0) is 13.0 Å². The Hall–Kier alpha value is -2.23. The monoisotopic (exact) mass is 258 g/mol. The molecule has 0 atom stereocenters. The summed E-state index contributed by atoms with van der Waals surface area (Å²) in [5.41, 5.74) is 7.33. The Bertz CT molecular complexity index is 605. The number of rotatable bonds is 5. The van der Waals surface area contributed by atoms with Crippen LogP contribution in [0.25, 0.3) is 0 Å². The van der Waals surface area contributed by atoms with Gasteiger partial charge in [0.25, 0.3) is 5.56 Å². The van der Waals surface area contributed by atoms with E-state index in [0.717, 1.165) is 12.2 Å². The highest BCUT2D eigenvalue weighted by molar-refractivity contribution is 5.34. The Labute approximate surface area is 112 Å². The first kappa shape index (κ1) is 13.2. The normalized spacial score (nSPS) is 10.4. The number of para-hydroxylation sites is 1. The van der Waals surface area contributed by atoms with Gasteiger partial charge in [0.05, 0.1) is 6.54 Å². The van der Waals surface area contributed by atoms with Gasteiger partial charge >= 0.3 is 0 Å². The molecule has 1 aromatic heterocycles. The molecule has 2 aromatic rings. The quantitative estimate of drug-likeness (QED) is 0.893. The van der Waals surface area contributed by atoms with Crippen LogP contribution in [0.4, 0.5) is 5.69 Å². The molecular formula is C15H18N2O2. The number of pyridine rings is 1. The Morgan fingerprint density at radius 2 is 2.00 bits per heavy atom. The topological polar surface area (TPSA) is 57.2 Å². The van der Waals surface area contributed by atoms with E-state index in [1.807, 2.05) is 24.3 Å². The number of hydrogen-bond acceptors (Lipinski definition) is 3. The molecule has 0 spiro atoms. The van der Waals surface area contributed by atoms with Gasteiger partial charge in [-0.25, -0.2) is 0 Å². The fraction of sp³-hybridized carbons (Fsp3) is 0.267. The average molecular weight is 258 g/mol. The van der Waals surface area contributed by atoms with Gasteiger partial charge in [0.2, 0.25) is 0 Å². The number of nitrogens with two attached hydrogens (primary N) is 1. The molecule has 0 radical (unpaired) electrons. The summed E-state index contributed by atoms with van der Waals surface area (Å²) in [4.78, 5) is 11.6. The van der Waals surface area contributed by atoms with Crippen molar-refractivity contribution >= 4 is 5.69 Å². The molecule has 0 aliphatic heterocycles. The molecule has 0 fully saturated rings. The maximum absolute atomic E-state index is 11.6. The first-order valence-corrected chi connectivity index (χ1v) is 6.37. The van der Waals surface area contributed by atoms with Crippen molar-refractivity contribution in [2.24, 2.45) is 0 Å². The predicted molar refractivity (Wildman–Crippen MR) is 76.4 cm³/mol. The van der Waals surface area contributed by atoms with Crippen molar-refractivity contribution in [2.45, 2.75) is 19.9 Å². The Morgan fingerprint density at radius 3 is 2.79 bits per heavy atom. The molecule has 2 N–H and O–H groups in total. The highest BCUT2D eigenvalue weighted by atomic mass is 16.5. The summed E-state index contributed by atoms with van der Waals surface area (Å²) < 4.78 is 7.29. The summed E-state index contributed by atoms with van der Waals surface area (Å²) in [7, 11) is 0. The number of nitrogens with zero attached hydrogens (tertiary/aromatic N) is 1. The molecule has 0 unspecified atom stereocenters. The van der Waals surface area contributed by atoms with E-state index in [2.05, 4.69) is 6.92 Å². The van der Waals surface area contributed by atoms with Crippen LogP contribution in [0.2, 0.25) is 0 Å². The van der Waals surface area contributed by atoms with E-state index in [0.29, 0.717) is 18.8 Å². The number of nitrogen functional groups attached to an aromatic ring is 1. The average Bonchev–Trinajstić information content (AvgIpc) is 2.43. The largest absolute Gasteiger partial charge is 0.491 e. The molecule has 0 aliphatic carbocycles. The predicted octanol–water partition coefficient (Wildman–Crippen LogP) is 2.07. The molecule has 1 heterocycles. The minimum absolute atomic E-state index is 0.0680. The van der Waals surface area contributed by atoms with Crippen molar-refractivity contribution in [3.63, 3.8) is 0 Å². The molecule has 4 nitrogen and oxygen atoms in total. The van der Waals surface area contributed by atoms with Crippen molar-refractivity contribution in [2.75, 3.05) is 12.3 Å². The van der Waals surface area contributed by atoms with Gasteiger partial charge in [0.15, 0.2) is 0 Å². The van der Waals surface area contributed by atoms with Crippen molar-refractivity contribution in [1.82, 2.24) is 4.57 Å². The van der Waals surface area contributed by atoms with Gasteiger partial charge in [-0.3, -0.25) is 4.79 Å². The molecule has 0 saturated heterocycles. The van der Waals surface area contributed by atoms with Gasteiger partial charge in [0, 0.05) is 18.0 Å². The zero-order valence-corrected chi connectivity index (χ0v) is 11.0. The summed E-state index contributed by atoms with van der Waals surface area (Å²) in [6, 6.07) is 11.0. The van der Waals surface area contributed by atoms with Gasteiger partial charge in [-0.2, -0.15) is 0 Å². The first-order chi connectivity index (χ1) is 9.20. The third kappa shape index (κ3) is 3.37. The lowest BCUT2D eigenvalue weighted by Crippen LogP contribution is -2.22. The second kappa shape index (κ2) is 6.09. The highest BCUT2D eigenvalue weighted by Crippen LogP contribution is 2.18. The molecule has 100 valence electrons. The lowest BCUT2D eigenvalue weighted by atomic mass is 10.1. The van der Waals surface area contributed by atoms with Gasteiger partial charge in [-0.05, 0) is 24.1 Å². The Morgan fingerprint density at radius 1 is 1.21 bits per heavy atom. The molecule has 0 aliphatic rings. The molecule has 0 saturated carbocycles. The molecule has 2 rings (SSSR count). The second-order valence-electron chi connectivity index (χ2n) is 4.30. The molecular weight excluding hydrogens is 240 g/mol. The van der Waals surface area contributed by atoms with E-state index in [4.69, 9.17) is 10.5 Å². The number of benzene rings is 1. The van der Waals surface area contributed by atoms with Crippen LogP contribution in [-0.4, -0.2) is 11.2 Å². The molecule has 4 heteroatoms. The van der Waals surface area contributed by atoms with Crippen LogP contribution >= 0.6 is 0 Å². The van der Waals surface area contributed by atoms with Gasteiger partial charge in [-0.15, -0.1) is 0 Å². The third-order valence-electron chi connectivity index (χ3n) is 2.95. The number of ether oxygens (including phenoxy) is 1. The molecule has 1 aromatic carbocycles. The van der Waals surface area contributed by atoms with Crippen LogP contribution < -0.4 is 16.0 Å². The summed E-state index contributed by atoms with van der Waals surface area (Å²) in [5, 5.41) is 0. The summed E-state index contributed by atoms with van der Waals surface area (Å²) >= 11 is 0. The maximum atomic E-state index is 11.6. The molecule has 19 heavy (non-hydrogen) atoms. The summed E-state index contributed by atoms with van der Waals surface area (Å²) in [6.45, 7) is 3.02. The lowest BCUT2D eigenvalue weighted by molar-refractivity contribution is 0.294. The van der Waals surface area contributed by atoms with Gasteiger partial charge in [-0.1, -0.05) is 25.1 Å². The van der Waals surface area contributed by atoms with E-state index in [1.54, 1.807) is 16.8 Å². The first-order valence-electron chi connectivity index (χ1n) is 6.37. The van der Waals surface area contributed by atoms with Crippen molar-refractivity contribution < 1.29 is 4.74 Å². The minimum atomic E-state index is -0.0680. The van der Waals surface area contributed by atoms with E-state index in [9.17, 15) is 4.79 Å². The van der Waals surface area contributed by atoms with Crippen LogP contribution in [0.1, 0.15) is 12.5 Å². The minimum Gasteiger partial charge on any atom is -0.491 e. The van der Waals surface area contributed by atoms with Crippen LogP contribution in [0.5, 0.6) is 5.75 Å². The van der Waals surface area contributed by atoms with E-state index in [-0.39, 0.29) is 5.56 Å². The fourth-order valence-corrected chi connectivity index (χ4v) is 1.92. The SMILES string of the molecule is CCc1ccccc1OCCn1cc(N)ccc1=O. The van der Waals surface area contributed by atoms with Crippen molar-refractivity contribution in [3.8, 4) is 5.75 Å². The third-order valence-corrected chi connectivity index (χ3v) is 2.95. The van der Waals surface area contributed by atoms with Crippen molar-refractivity contribution in [3.05, 3.63) is 58.5 Å². The summed E-state index contributed by atoms with van der Waals surface area (Å²) in [6.07, 6.45) is 2.56. The van der Waals surface area contributed by atoms with E-state index < -0.39 is 0 Å². The molecule has 0 bridgehead atoms. The zero-order valence-electron chi connectivity index (χ0n) is 11.0. The second-order valence-corrected chi connectivity index (χ2v) is 4.30. The van der Waals surface area contributed by atoms with Gasteiger partial charge < -0.3 is 15.0 Å².